The van der Waals surface area contributed by atoms with E-state index in [9.17, 15) is 9.59 Å². The van der Waals surface area contributed by atoms with Crippen molar-refractivity contribution >= 4 is 23.2 Å². The molecule has 1 aliphatic rings. The second-order valence-corrected chi connectivity index (χ2v) is 8.83. The molecular weight excluding hydrogens is 388 g/mol. The van der Waals surface area contributed by atoms with Crippen LogP contribution in [0.15, 0.2) is 30.3 Å². The van der Waals surface area contributed by atoms with Gasteiger partial charge in [-0.3, -0.25) is 9.59 Å². The predicted molar refractivity (Wildman–Crippen MR) is 127 cm³/mol. The molecule has 1 atom stereocenters. The van der Waals surface area contributed by atoms with Crippen molar-refractivity contribution in [3.8, 4) is 0 Å². The number of amides is 2. The minimum atomic E-state index is -0.639. The highest BCUT2D eigenvalue weighted by molar-refractivity contribution is 6.39. The number of carbonyl (C=O) groups is 2. The number of nitrogens with one attached hydrogen (secondary N) is 2. The van der Waals surface area contributed by atoms with Gasteiger partial charge in [0, 0.05) is 31.5 Å². The van der Waals surface area contributed by atoms with Crippen LogP contribution in [0.4, 0.5) is 11.4 Å². The van der Waals surface area contributed by atoms with Gasteiger partial charge in [-0.2, -0.15) is 0 Å². The first-order chi connectivity index (χ1) is 14.7. The SMILES string of the molecule is Cc1cc(C)c(NC(=O)C(=O)NC[C@H](c2ccc3c(c2)CCCN3C)N(C)C)c(C)c1. The average Bonchev–Trinajstić information content (AvgIpc) is 2.70. The summed E-state index contributed by atoms with van der Waals surface area (Å²) in [6, 6.07) is 10.5. The van der Waals surface area contributed by atoms with Gasteiger partial charge >= 0.3 is 11.8 Å². The molecule has 1 aliphatic heterocycles. The molecule has 0 aromatic heterocycles. The van der Waals surface area contributed by atoms with E-state index in [-0.39, 0.29) is 6.04 Å². The molecule has 0 unspecified atom stereocenters. The number of hydrogen-bond acceptors (Lipinski definition) is 4. The molecule has 0 saturated heterocycles. The van der Waals surface area contributed by atoms with Crippen LogP contribution in [-0.2, 0) is 16.0 Å². The highest BCUT2D eigenvalue weighted by Crippen LogP contribution is 2.30. The van der Waals surface area contributed by atoms with Crippen LogP contribution >= 0.6 is 0 Å². The molecule has 2 amide bonds. The Morgan fingerprint density at radius 3 is 2.39 bits per heavy atom. The van der Waals surface area contributed by atoms with Crippen molar-refractivity contribution < 1.29 is 9.59 Å². The summed E-state index contributed by atoms with van der Waals surface area (Å²) in [5.74, 6) is -1.26. The lowest BCUT2D eigenvalue weighted by Crippen LogP contribution is -2.40. The van der Waals surface area contributed by atoms with Gasteiger partial charge in [-0.1, -0.05) is 29.8 Å². The normalized spacial score (nSPS) is 14.2. The first-order valence-corrected chi connectivity index (χ1v) is 10.8. The Hall–Kier alpha value is -2.86. The van der Waals surface area contributed by atoms with Gasteiger partial charge in [0.1, 0.15) is 0 Å². The molecule has 2 aromatic carbocycles. The molecule has 6 heteroatoms. The van der Waals surface area contributed by atoms with E-state index in [1.165, 1.54) is 11.3 Å². The predicted octanol–water partition coefficient (Wildman–Crippen LogP) is 3.35. The molecule has 0 radical (unpaired) electrons. The highest BCUT2D eigenvalue weighted by atomic mass is 16.2. The highest BCUT2D eigenvalue weighted by Gasteiger charge is 2.22. The van der Waals surface area contributed by atoms with Crippen LogP contribution in [0.3, 0.4) is 0 Å². The van der Waals surface area contributed by atoms with Crippen molar-refractivity contribution in [2.45, 2.75) is 39.7 Å². The number of benzene rings is 2. The second-order valence-electron chi connectivity index (χ2n) is 8.83. The molecule has 31 heavy (non-hydrogen) atoms. The molecule has 166 valence electrons. The third-order valence-corrected chi connectivity index (χ3v) is 6.04. The fraction of sp³-hybridized carbons (Fsp3) is 0.440. The summed E-state index contributed by atoms with van der Waals surface area (Å²) in [7, 11) is 6.10. The topological polar surface area (TPSA) is 64.7 Å². The van der Waals surface area contributed by atoms with E-state index in [0.29, 0.717) is 12.2 Å². The fourth-order valence-corrected chi connectivity index (χ4v) is 4.43. The number of likely N-dealkylation sites (N-methyl/N-ethyl adjacent to an activating group) is 1. The van der Waals surface area contributed by atoms with Crippen LogP contribution in [0.25, 0.3) is 0 Å². The van der Waals surface area contributed by atoms with Gasteiger partial charge in [0.05, 0.1) is 6.04 Å². The van der Waals surface area contributed by atoms with E-state index in [2.05, 4.69) is 45.7 Å². The van der Waals surface area contributed by atoms with Gasteiger partial charge < -0.3 is 20.4 Å². The van der Waals surface area contributed by atoms with Gasteiger partial charge in [-0.25, -0.2) is 0 Å². The summed E-state index contributed by atoms with van der Waals surface area (Å²) >= 11 is 0. The molecule has 0 bridgehead atoms. The molecule has 6 nitrogen and oxygen atoms in total. The Morgan fingerprint density at radius 2 is 1.74 bits per heavy atom. The quantitative estimate of drug-likeness (QED) is 0.726. The summed E-state index contributed by atoms with van der Waals surface area (Å²) in [5.41, 5.74) is 7.49. The van der Waals surface area contributed by atoms with Crippen molar-refractivity contribution in [1.29, 1.82) is 0 Å². The summed E-state index contributed by atoms with van der Waals surface area (Å²) in [4.78, 5) is 29.4. The molecule has 0 spiro atoms. The third kappa shape index (κ3) is 5.25. The van der Waals surface area contributed by atoms with Crippen LogP contribution in [0, 0.1) is 20.8 Å². The third-order valence-electron chi connectivity index (χ3n) is 6.04. The number of fused-ring (bicyclic) bond motifs is 1. The average molecular weight is 423 g/mol. The van der Waals surface area contributed by atoms with Gasteiger partial charge in [0.2, 0.25) is 0 Å². The second kappa shape index (κ2) is 9.52. The van der Waals surface area contributed by atoms with Crippen molar-refractivity contribution in [2.75, 3.05) is 44.4 Å². The lowest BCUT2D eigenvalue weighted by atomic mass is 9.96. The zero-order valence-electron chi connectivity index (χ0n) is 19.5. The van der Waals surface area contributed by atoms with E-state index in [1.54, 1.807) is 0 Å². The largest absolute Gasteiger partial charge is 0.374 e. The maximum Gasteiger partial charge on any atom is 0.313 e. The Balaban J connectivity index is 1.68. The summed E-state index contributed by atoms with van der Waals surface area (Å²) < 4.78 is 0. The van der Waals surface area contributed by atoms with E-state index < -0.39 is 11.8 Å². The van der Waals surface area contributed by atoms with E-state index >= 15 is 0 Å². The van der Waals surface area contributed by atoms with E-state index in [0.717, 1.165) is 41.6 Å². The van der Waals surface area contributed by atoms with Crippen LogP contribution in [0.1, 0.15) is 40.3 Å². The fourth-order valence-electron chi connectivity index (χ4n) is 4.43. The Labute approximate surface area is 185 Å². The van der Waals surface area contributed by atoms with Crippen LogP contribution in [0.5, 0.6) is 0 Å². The Morgan fingerprint density at radius 1 is 1.06 bits per heavy atom. The van der Waals surface area contributed by atoms with Gasteiger partial charge in [0.25, 0.3) is 0 Å². The van der Waals surface area contributed by atoms with Gasteiger partial charge in [0.15, 0.2) is 0 Å². The molecule has 2 aromatic rings. The maximum absolute atomic E-state index is 12.5. The first kappa shape index (κ1) is 22.8. The maximum atomic E-state index is 12.5. The zero-order chi connectivity index (χ0) is 22.7. The number of anilines is 2. The molecule has 3 rings (SSSR count). The molecule has 2 N–H and O–H groups in total. The molecule has 0 saturated carbocycles. The van der Waals surface area contributed by atoms with E-state index in [4.69, 9.17) is 0 Å². The number of hydrogen-bond donors (Lipinski definition) is 2. The molecule has 1 heterocycles. The van der Waals surface area contributed by atoms with Crippen LogP contribution in [-0.4, -0.2) is 50.9 Å². The number of carbonyl (C=O) groups excluding carboxylic acids is 2. The van der Waals surface area contributed by atoms with Crippen molar-refractivity contribution in [2.24, 2.45) is 0 Å². The van der Waals surface area contributed by atoms with Crippen molar-refractivity contribution in [1.82, 2.24) is 10.2 Å². The molecule has 0 aliphatic carbocycles. The number of aryl methyl sites for hydroxylation is 4. The number of nitrogens with zero attached hydrogens (tertiary/aromatic N) is 2. The lowest BCUT2D eigenvalue weighted by molar-refractivity contribution is -0.136. The van der Waals surface area contributed by atoms with E-state index in [1.807, 2.05) is 47.0 Å². The molecule has 0 fully saturated rings. The first-order valence-electron chi connectivity index (χ1n) is 10.8. The van der Waals surface area contributed by atoms with Gasteiger partial charge in [-0.15, -0.1) is 0 Å². The Kier molecular flexibility index (Phi) is 7.01. The van der Waals surface area contributed by atoms with Crippen LogP contribution < -0.4 is 15.5 Å². The lowest BCUT2D eigenvalue weighted by Gasteiger charge is -2.30. The van der Waals surface area contributed by atoms with Crippen LogP contribution in [0.2, 0.25) is 0 Å². The van der Waals surface area contributed by atoms with Gasteiger partial charge in [-0.05, 0) is 76.0 Å². The smallest absolute Gasteiger partial charge is 0.313 e. The Bertz CT molecular complexity index is 960. The standard InChI is InChI=1S/C25H34N4O2/c1-16-12-17(2)23(18(3)13-16)27-25(31)24(30)26-15-22(28(4)5)20-9-10-21-19(14-20)8-7-11-29(21)6/h9-10,12-14,22H,7-8,11,15H2,1-6H3,(H,26,30)(H,27,31)/t22-/m1/s1. The number of rotatable bonds is 5. The minimum Gasteiger partial charge on any atom is -0.374 e. The summed E-state index contributed by atoms with van der Waals surface area (Å²) in [6.07, 6.45) is 2.21. The van der Waals surface area contributed by atoms with Crippen molar-refractivity contribution in [3.05, 3.63) is 58.1 Å². The molecular formula is C25H34N4O2. The zero-order valence-corrected chi connectivity index (χ0v) is 19.5. The monoisotopic (exact) mass is 422 g/mol. The summed E-state index contributed by atoms with van der Waals surface area (Å²) in [5, 5.41) is 5.59. The summed E-state index contributed by atoms with van der Waals surface area (Å²) in [6.45, 7) is 7.32. The minimum absolute atomic E-state index is 0.0165. The van der Waals surface area contributed by atoms with Crippen molar-refractivity contribution in [3.63, 3.8) is 0 Å².